The summed E-state index contributed by atoms with van der Waals surface area (Å²) >= 11 is 0. The molecular weight excluding hydrogens is 482 g/mol. The number of esters is 1. The first-order valence-corrected chi connectivity index (χ1v) is 12.7. The number of hydrogen-bond acceptors (Lipinski definition) is 10. The molecule has 0 spiro atoms. The summed E-state index contributed by atoms with van der Waals surface area (Å²) in [5, 5.41) is 2.40. The van der Waals surface area contributed by atoms with Gasteiger partial charge in [0, 0.05) is 0 Å². The van der Waals surface area contributed by atoms with E-state index in [0.717, 1.165) is 5.56 Å². The largest absolute Gasteiger partial charge is 0.462 e. The summed E-state index contributed by atoms with van der Waals surface area (Å²) in [6.45, 7) is 9.95. The number of benzene rings is 1. The van der Waals surface area contributed by atoms with E-state index in [-0.39, 0.29) is 37.9 Å². The maximum absolute atomic E-state index is 12.0. The third-order valence-electron chi connectivity index (χ3n) is 4.08. The SMILES string of the molecule is Cc1ccc(S(=O)(=O)OCCOCCOCCOCCOC(=O)C(C)NC(=O)OC(C)(C)C)cc1. The Balaban J connectivity index is 1.97. The standard InChI is InChI=1S/C23H37NO10S/c1-18-6-8-20(9-7-18)35(27,28)33-17-15-31-13-11-29-10-12-30-14-16-32-21(25)19(2)24-22(26)34-23(3,4)5/h6-9,19H,10-17H2,1-5H3,(H,24,26). The van der Waals surface area contributed by atoms with Crippen LogP contribution in [0.15, 0.2) is 29.2 Å². The quantitative estimate of drug-likeness (QED) is 0.197. The van der Waals surface area contributed by atoms with E-state index in [4.69, 9.17) is 27.9 Å². The van der Waals surface area contributed by atoms with E-state index >= 15 is 0 Å². The fourth-order valence-electron chi connectivity index (χ4n) is 2.39. The van der Waals surface area contributed by atoms with Gasteiger partial charge in [0.1, 0.15) is 18.2 Å². The Labute approximate surface area is 207 Å². The normalized spacial score (nSPS) is 12.7. The summed E-state index contributed by atoms with van der Waals surface area (Å²) in [5.41, 5.74) is 0.301. The predicted molar refractivity (Wildman–Crippen MR) is 127 cm³/mol. The highest BCUT2D eigenvalue weighted by Crippen LogP contribution is 2.13. The van der Waals surface area contributed by atoms with Gasteiger partial charge in [-0.05, 0) is 46.8 Å². The average Bonchev–Trinajstić information content (AvgIpc) is 2.75. The first kappa shape index (κ1) is 30.8. The molecule has 1 amide bonds. The molecule has 0 aliphatic rings. The van der Waals surface area contributed by atoms with Crippen LogP contribution in [-0.2, 0) is 42.8 Å². The lowest BCUT2D eigenvalue weighted by Crippen LogP contribution is -2.42. The molecule has 0 aliphatic carbocycles. The molecule has 1 aromatic rings. The van der Waals surface area contributed by atoms with Gasteiger partial charge >= 0.3 is 12.1 Å². The summed E-state index contributed by atoms with van der Waals surface area (Å²) < 4.78 is 55.0. The van der Waals surface area contributed by atoms with Gasteiger partial charge in [0.2, 0.25) is 0 Å². The zero-order valence-electron chi connectivity index (χ0n) is 21.0. The third-order valence-corrected chi connectivity index (χ3v) is 5.41. The Hall–Kier alpha value is -2.25. The molecule has 0 radical (unpaired) electrons. The fraction of sp³-hybridized carbons (Fsp3) is 0.652. The molecule has 12 heteroatoms. The minimum atomic E-state index is -3.80. The van der Waals surface area contributed by atoms with Crippen molar-refractivity contribution in [3.63, 3.8) is 0 Å². The van der Waals surface area contributed by atoms with Crippen LogP contribution in [0.3, 0.4) is 0 Å². The molecule has 35 heavy (non-hydrogen) atoms. The maximum Gasteiger partial charge on any atom is 0.408 e. The minimum absolute atomic E-state index is 0.0355. The molecule has 1 unspecified atom stereocenters. The van der Waals surface area contributed by atoms with Crippen LogP contribution in [0.5, 0.6) is 0 Å². The highest BCUT2D eigenvalue weighted by atomic mass is 32.2. The van der Waals surface area contributed by atoms with Crippen LogP contribution in [0.4, 0.5) is 4.79 Å². The molecule has 0 bridgehead atoms. The number of carbonyl (C=O) groups excluding carboxylic acids is 2. The van der Waals surface area contributed by atoms with Gasteiger partial charge in [-0.25, -0.2) is 9.59 Å². The second-order valence-corrected chi connectivity index (χ2v) is 10.1. The molecule has 200 valence electrons. The van der Waals surface area contributed by atoms with Crippen molar-refractivity contribution in [2.45, 2.75) is 51.2 Å². The van der Waals surface area contributed by atoms with E-state index < -0.39 is 33.8 Å². The predicted octanol–water partition coefficient (Wildman–Crippen LogP) is 2.21. The lowest BCUT2D eigenvalue weighted by atomic mass is 10.2. The zero-order chi connectivity index (χ0) is 26.3. The fourth-order valence-corrected chi connectivity index (χ4v) is 3.28. The Bertz CT molecular complexity index is 865. The van der Waals surface area contributed by atoms with Crippen LogP contribution < -0.4 is 5.32 Å². The molecule has 0 aliphatic heterocycles. The second kappa shape index (κ2) is 15.7. The van der Waals surface area contributed by atoms with E-state index in [1.807, 2.05) is 6.92 Å². The molecule has 1 N–H and O–H groups in total. The molecule has 0 saturated carbocycles. The Morgan fingerprint density at radius 2 is 1.34 bits per heavy atom. The van der Waals surface area contributed by atoms with Gasteiger partial charge in [-0.1, -0.05) is 17.7 Å². The first-order valence-electron chi connectivity index (χ1n) is 11.3. The maximum atomic E-state index is 12.0. The van der Waals surface area contributed by atoms with Crippen molar-refractivity contribution in [1.29, 1.82) is 0 Å². The number of aryl methyl sites for hydroxylation is 1. The number of hydrogen-bond donors (Lipinski definition) is 1. The third kappa shape index (κ3) is 14.7. The highest BCUT2D eigenvalue weighted by Gasteiger charge is 2.21. The van der Waals surface area contributed by atoms with Crippen LogP contribution in [0.25, 0.3) is 0 Å². The van der Waals surface area contributed by atoms with Crippen molar-refractivity contribution < 1.29 is 45.9 Å². The van der Waals surface area contributed by atoms with Crippen molar-refractivity contribution in [2.75, 3.05) is 52.9 Å². The van der Waals surface area contributed by atoms with Crippen LogP contribution in [0.1, 0.15) is 33.3 Å². The van der Waals surface area contributed by atoms with Gasteiger partial charge < -0.3 is 29.0 Å². The van der Waals surface area contributed by atoms with Crippen LogP contribution in [0, 0.1) is 6.92 Å². The van der Waals surface area contributed by atoms with Gasteiger partial charge in [-0.2, -0.15) is 8.42 Å². The summed E-state index contributed by atoms with van der Waals surface area (Å²) in [6, 6.07) is 5.55. The summed E-state index contributed by atoms with van der Waals surface area (Å²) in [4.78, 5) is 23.6. The molecule has 0 fully saturated rings. The van der Waals surface area contributed by atoms with Crippen LogP contribution >= 0.6 is 0 Å². The van der Waals surface area contributed by atoms with E-state index in [1.54, 1.807) is 32.9 Å². The molecule has 0 heterocycles. The monoisotopic (exact) mass is 519 g/mol. The van der Waals surface area contributed by atoms with Crippen molar-refractivity contribution in [3.05, 3.63) is 29.8 Å². The number of amides is 1. The van der Waals surface area contributed by atoms with E-state index in [9.17, 15) is 18.0 Å². The average molecular weight is 520 g/mol. The second-order valence-electron chi connectivity index (χ2n) is 8.46. The number of rotatable bonds is 16. The molecule has 11 nitrogen and oxygen atoms in total. The Kier molecular flexibility index (Phi) is 13.8. The van der Waals surface area contributed by atoms with Crippen molar-refractivity contribution in [1.82, 2.24) is 5.32 Å². The van der Waals surface area contributed by atoms with Crippen molar-refractivity contribution >= 4 is 22.2 Å². The van der Waals surface area contributed by atoms with Crippen LogP contribution in [-0.4, -0.2) is 85.0 Å². The summed E-state index contributed by atoms with van der Waals surface area (Å²) in [7, 11) is -3.80. The lowest BCUT2D eigenvalue weighted by Gasteiger charge is -2.21. The van der Waals surface area contributed by atoms with Crippen molar-refractivity contribution in [2.24, 2.45) is 0 Å². The van der Waals surface area contributed by atoms with Gasteiger partial charge in [-0.3, -0.25) is 4.18 Å². The molecule has 1 rings (SSSR count). The number of alkyl carbamates (subject to hydrolysis) is 1. The minimum Gasteiger partial charge on any atom is -0.462 e. The number of nitrogens with one attached hydrogen (secondary N) is 1. The Morgan fingerprint density at radius 3 is 1.86 bits per heavy atom. The Morgan fingerprint density at radius 1 is 0.857 bits per heavy atom. The van der Waals surface area contributed by atoms with Gasteiger partial charge in [-0.15, -0.1) is 0 Å². The van der Waals surface area contributed by atoms with Gasteiger partial charge in [0.05, 0.1) is 51.1 Å². The summed E-state index contributed by atoms with van der Waals surface area (Å²) in [6.07, 6.45) is -0.695. The highest BCUT2D eigenvalue weighted by molar-refractivity contribution is 7.86. The van der Waals surface area contributed by atoms with E-state index in [0.29, 0.717) is 19.8 Å². The lowest BCUT2D eigenvalue weighted by molar-refractivity contribution is -0.147. The molecule has 1 atom stereocenters. The smallest absolute Gasteiger partial charge is 0.408 e. The van der Waals surface area contributed by atoms with Gasteiger partial charge in [0.15, 0.2) is 0 Å². The topological polar surface area (TPSA) is 136 Å². The first-order chi connectivity index (χ1) is 16.4. The van der Waals surface area contributed by atoms with E-state index in [2.05, 4.69) is 5.32 Å². The summed E-state index contributed by atoms with van der Waals surface area (Å²) in [5.74, 6) is -0.594. The molecule has 0 saturated heterocycles. The van der Waals surface area contributed by atoms with Gasteiger partial charge in [0.25, 0.3) is 10.1 Å². The zero-order valence-corrected chi connectivity index (χ0v) is 21.9. The molecule has 0 aromatic heterocycles. The molecular formula is C23H37NO10S. The number of ether oxygens (including phenoxy) is 5. The molecule has 1 aromatic carbocycles. The van der Waals surface area contributed by atoms with Crippen LogP contribution in [0.2, 0.25) is 0 Å². The van der Waals surface area contributed by atoms with Crippen molar-refractivity contribution in [3.8, 4) is 0 Å². The van der Waals surface area contributed by atoms with E-state index in [1.165, 1.54) is 19.1 Å². The number of carbonyl (C=O) groups is 2.